The molecule has 372 valence electrons. The Balaban J connectivity index is 0.784. The van der Waals surface area contributed by atoms with Crippen molar-refractivity contribution in [1.29, 1.82) is 0 Å². The number of aryl methyl sites for hydroxylation is 2. The molecule has 0 aliphatic heterocycles. The second-order valence-corrected chi connectivity index (χ2v) is 19.1. The van der Waals surface area contributed by atoms with Crippen LogP contribution in [0.3, 0.4) is 0 Å². The molecule has 16 heteroatoms. The van der Waals surface area contributed by atoms with Gasteiger partial charge in [0.15, 0.2) is 13.6 Å². The monoisotopic (exact) mass is 956 g/mol. The van der Waals surface area contributed by atoms with Crippen LogP contribution < -0.4 is 9.47 Å². The molecule has 0 bridgehead atoms. The van der Waals surface area contributed by atoms with Crippen LogP contribution in [-0.4, -0.2) is 86.4 Å². The molecule has 0 aromatic heterocycles. The number of hydrogen-bond donors (Lipinski definition) is 0. The summed E-state index contributed by atoms with van der Waals surface area (Å²) in [5.41, 5.74) is 3.37. The first-order valence-electron chi connectivity index (χ1n) is 24.7. The van der Waals surface area contributed by atoms with Gasteiger partial charge in [0.25, 0.3) is 0 Å². The highest BCUT2D eigenvalue weighted by Gasteiger charge is 2.49. The largest absolute Gasteiger partial charge is 0.514 e. The van der Waals surface area contributed by atoms with Crippen LogP contribution in [0.15, 0.2) is 61.7 Å². The molecule has 0 amide bonds. The van der Waals surface area contributed by atoms with Gasteiger partial charge in [-0.1, -0.05) is 37.4 Å². The molecule has 0 heterocycles. The third-order valence-corrected chi connectivity index (χ3v) is 14.9. The molecular weight excluding hydrogens is 893 g/mol. The fourth-order valence-corrected chi connectivity index (χ4v) is 11.3. The molecule has 0 atom stereocenters. The number of fused-ring (bicyclic) bond motifs is 4. The first-order valence-corrected chi connectivity index (χ1v) is 24.7. The molecule has 0 radical (unpaired) electrons. The van der Waals surface area contributed by atoms with Crippen molar-refractivity contribution in [3.63, 3.8) is 0 Å². The number of rotatable bonds is 16. The first kappa shape index (κ1) is 49.7. The topological polar surface area (TPSA) is 195 Å². The van der Waals surface area contributed by atoms with Gasteiger partial charge in [0.1, 0.15) is 35.9 Å². The highest BCUT2D eigenvalue weighted by molar-refractivity contribution is 5.81. The molecule has 8 rings (SSSR count). The average Bonchev–Trinajstić information content (AvgIpc) is 3.94. The van der Waals surface area contributed by atoms with Gasteiger partial charge in [0, 0.05) is 28.7 Å². The van der Waals surface area contributed by atoms with Gasteiger partial charge in [-0.15, -0.1) is 0 Å². The van der Waals surface area contributed by atoms with Crippen molar-refractivity contribution >= 4 is 36.2 Å². The fourth-order valence-electron chi connectivity index (χ4n) is 11.3. The zero-order valence-corrected chi connectivity index (χ0v) is 39.2. The Hall–Kier alpha value is -5.74. The Labute approximate surface area is 402 Å². The molecule has 69 heavy (non-hydrogen) atoms. The van der Waals surface area contributed by atoms with Crippen LogP contribution in [0.4, 0.5) is 9.59 Å². The van der Waals surface area contributed by atoms with E-state index in [2.05, 4.69) is 13.2 Å². The number of carbonyl (C=O) groups excluding carboxylic acids is 6. The first-order chi connectivity index (χ1) is 33.5. The molecule has 4 fully saturated rings. The van der Waals surface area contributed by atoms with Crippen LogP contribution in [0.2, 0.25) is 0 Å². The zero-order valence-electron chi connectivity index (χ0n) is 39.2. The number of hydrogen-bond acceptors (Lipinski definition) is 16. The number of benzene rings is 2. The van der Waals surface area contributed by atoms with E-state index in [-0.39, 0.29) is 74.0 Å². The van der Waals surface area contributed by atoms with Crippen molar-refractivity contribution < 1.29 is 76.1 Å². The second kappa shape index (κ2) is 23.2. The molecule has 4 saturated carbocycles. The van der Waals surface area contributed by atoms with Crippen molar-refractivity contribution in [1.82, 2.24) is 0 Å². The minimum absolute atomic E-state index is 0.0836. The highest BCUT2D eigenvalue weighted by Crippen LogP contribution is 2.57. The Morgan fingerprint density at radius 2 is 0.826 bits per heavy atom. The standard InChI is InChI=1S/C53H64O16/c1-3-45(54)62-31-60-37-15-11-35(12-16-37)49(56)64-39-19-23-41(24-20-39)66-51(58)68-43-9-5-7-33-27-29-53(47(33)43)30-28-34-8-6-10-44(48(34)53)69-52(59)67-42-25-21-40(22-26-42)65-50(57)36-13-17-38(18-14-36)61-32-63-46(55)4-2/h3-10,35-42H,1-2,11-32H2. The predicted molar refractivity (Wildman–Crippen MR) is 245 cm³/mol. The average molecular weight is 957 g/mol. The zero-order chi connectivity index (χ0) is 48.3. The second-order valence-electron chi connectivity index (χ2n) is 19.1. The minimum Gasteiger partial charge on any atom is -0.462 e. The lowest BCUT2D eigenvalue weighted by atomic mass is 9.76. The number of esters is 4. The molecule has 6 aliphatic rings. The maximum atomic E-state index is 13.4. The van der Waals surface area contributed by atoms with Crippen LogP contribution in [0.1, 0.15) is 138 Å². The van der Waals surface area contributed by atoms with E-state index >= 15 is 0 Å². The predicted octanol–water partition coefficient (Wildman–Crippen LogP) is 9.13. The summed E-state index contributed by atoms with van der Waals surface area (Å²) in [7, 11) is 0. The molecule has 0 unspecified atom stereocenters. The van der Waals surface area contributed by atoms with Crippen molar-refractivity contribution in [3.05, 3.63) is 84.0 Å². The van der Waals surface area contributed by atoms with E-state index in [1.165, 1.54) is 0 Å². The normalized spacial score (nSPS) is 28.2. The minimum atomic E-state index is -0.792. The summed E-state index contributed by atoms with van der Waals surface area (Å²) in [4.78, 5) is 75.4. The van der Waals surface area contributed by atoms with E-state index in [1.54, 1.807) is 12.1 Å². The Morgan fingerprint density at radius 1 is 0.478 bits per heavy atom. The van der Waals surface area contributed by atoms with E-state index in [1.807, 2.05) is 24.3 Å². The van der Waals surface area contributed by atoms with Gasteiger partial charge >= 0.3 is 36.2 Å². The summed E-state index contributed by atoms with van der Waals surface area (Å²) in [6.45, 7) is 6.45. The number of carbonyl (C=O) groups is 6. The quantitative estimate of drug-likeness (QED) is 0.0508. The van der Waals surface area contributed by atoms with Crippen LogP contribution in [0, 0.1) is 11.8 Å². The summed E-state index contributed by atoms with van der Waals surface area (Å²) >= 11 is 0. The van der Waals surface area contributed by atoms with E-state index in [0.717, 1.165) is 60.1 Å². The summed E-state index contributed by atoms with van der Waals surface area (Å²) in [5, 5.41) is 0. The maximum absolute atomic E-state index is 13.4. The summed E-state index contributed by atoms with van der Waals surface area (Å²) in [5.74, 6) is -1.10. The van der Waals surface area contributed by atoms with Gasteiger partial charge in [-0.05, 0) is 152 Å². The van der Waals surface area contributed by atoms with Crippen LogP contribution in [-0.2, 0) is 75.3 Å². The summed E-state index contributed by atoms with van der Waals surface area (Å²) in [6, 6.07) is 11.4. The van der Waals surface area contributed by atoms with E-state index in [9.17, 15) is 28.8 Å². The Kier molecular flexibility index (Phi) is 16.7. The molecular formula is C53H64O16. The third-order valence-electron chi connectivity index (χ3n) is 14.9. The number of ether oxygens (including phenoxy) is 10. The van der Waals surface area contributed by atoms with E-state index in [0.29, 0.717) is 114 Å². The molecule has 6 aliphatic carbocycles. The molecule has 16 nitrogen and oxygen atoms in total. The Bertz CT molecular complexity index is 2030. The van der Waals surface area contributed by atoms with Gasteiger partial charge in [-0.25, -0.2) is 19.2 Å². The maximum Gasteiger partial charge on any atom is 0.514 e. The van der Waals surface area contributed by atoms with E-state index < -0.39 is 29.7 Å². The lowest BCUT2D eigenvalue weighted by Crippen LogP contribution is -2.34. The molecule has 0 saturated heterocycles. The fraction of sp³-hybridized carbons (Fsp3) is 0.585. The molecule has 1 spiro atoms. The Morgan fingerprint density at radius 3 is 1.19 bits per heavy atom. The van der Waals surface area contributed by atoms with Gasteiger partial charge in [-0.2, -0.15) is 0 Å². The summed E-state index contributed by atoms with van der Waals surface area (Å²) in [6.07, 6.45) is 11.8. The molecule has 0 N–H and O–H groups in total. The SMILES string of the molecule is C=CC(=O)OCOC1CCC(C(=O)OC2CCC(OC(=O)Oc3cccc4c3C3(CC4)CCc4cccc(OC(=O)OC5CCC(OC(=O)C6CCC(OCOC(=O)C=C)CC6)CC5)c43)CC2)CC1. The van der Waals surface area contributed by atoms with Crippen LogP contribution in [0.5, 0.6) is 11.5 Å². The summed E-state index contributed by atoms with van der Waals surface area (Å²) < 4.78 is 56.6. The third kappa shape index (κ3) is 12.5. The van der Waals surface area contributed by atoms with Crippen molar-refractivity contribution in [2.45, 2.75) is 170 Å². The molecule has 2 aromatic carbocycles. The van der Waals surface area contributed by atoms with Crippen LogP contribution in [0.25, 0.3) is 0 Å². The van der Waals surface area contributed by atoms with Gasteiger partial charge in [-0.3, -0.25) is 9.59 Å². The lowest BCUT2D eigenvalue weighted by Gasteiger charge is -2.32. The van der Waals surface area contributed by atoms with Gasteiger partial charge in [0.05, 0.1) is 24.0 Å². The highest BCUT2D eigenvalue weighted by atomic mass is 16.7. The van der Waals surface area contributed by atoms with Crippen molar-refractivity contribution in [2.75, 3.05) is 13.6 Å². The molecule has 2 aromatic rings. The smallest absolute Gasteiger partial charge is 0.462 e. The van der Waals surface area contributed by atoms with E-state index in [4.69, 9.17) is 47.4 Å². The van der Waals surface area contributed by atoms with Crippen molar-refractivity contribution in [2.24, 2.45) is 11.8 Å². The lowest BCUT2D eigenvalue weighted by molar-refractivity contribution is -0.164. The van der Waals surface area contributed by atoms with Gasteiger partial charge < -0.3 is 47.4 Å². The van der Waals surface area contributed by atoms with Crippen molar-refractivity contribution in [3.8, 4) is 11.5 Å². The van der Waals surface area contributed by atoms with Gasteiger partial charge in [0.2, 0.25) is 0 Å². The van der Waals surface area contributed by atoms with Crippen LogP contribution >= 0.6 is 0 Å².